The number of nitrogens with zero attached hydrogens (tertiary/aromatic N) is 3. The summed E-state index contributed by atoms with van der Waals surface area (Å²) in [4.78, 5) is 21.1. The van der Waals surface area contributed by atoms with Crippen LogP contribution in [0.2, 0.25) is 10.0 Å². The van der Waals surface area contributed by atoms with E-state index in [-0.39, 0.29) is 5.91 Å². The number of amides is 1. The van der Waals surface area contributed by atoms with Gasteiger partial charge in [-0.05, 0) is 67.4 Å². The van der Waals surface area contributed by atoms with Gasteiger partial charge in [-0.25, -0.2) is 0 Å². The average molecular weight is 404 g/mol. The minimum absolute atomic E-state index is 0.0166. The number of hydrogen-bond acceptors (Lipinski definition) is 3. The summed E-state index contributed by atoms with van der Waals surface area (Å²) in [5, 5.41) is 1.03. The summed E-state index contributed by atoms with van der Waals surface area (Å²) >= 11 is 12.1. The van der Waals surface area contributed by atoms with Gasteiger partial charge in [0.15, 0.2) is 0 Å². The molecule has 2 aromatic rings. The molecule has 1 fully saturated rings. The molecule has 0 radical (unpaired) electrons. The first kappa shape index (κ1) is 19.9. The van der Waals surface area contributed by atoms with E-state index in [1.807, 2.05) is 35.2 Å². The number of benzene rings is 1. The Bertz CT molecular complexity index is 789. The lowest BCUT2D eigenvalue weighted by Gasteiger charge is -2.25. The molecule has 0 bridgehead atoms. The quantitative estimate of drug-likeness (QED) is 0.637. The Morgan fingerprint density at radius 3 is 2.56 bits per heavy atom. The molecule has 0 N–H and O–H groups in total. The molecule has 2 heterocycles. The van der Waals surface area contributed by atoms with Crippen LogP contribution in [0.15, 0.2) is 48.8 Å². The summed E-state index contributed by atoms with van der Waals surface area (Å²) in [5.41, 5.74) is 1.92. The third kappa shape index (κ3) is 6.06. The lowest BCUT2D eigenvalue weighted by Crippen LogP contribution is -2.36. The standard InChI is InChI=1S/C21H23Cl2N3O/c22-19-5-3-18(15-20(19)23)16-26(14-13-25-11-1-2-12-25)21(27)6-4-17-7-9-24-10-8-17/h3-10,15H,1-2,11-14,16H2/b6-4+. The Morgan fingerprint density at radius 2 is 1.85 bits per heavy atom. The number of pyridine rings is 1. The van der Waals surface area contributed by atoms with Gasteiger partial charge in [0.2, 0.25) is 5.91 Å². The molecular weight excluding hydrogens is 381 g/mol. The van der Waals surface area contributed by atoms with Gasteiger partial charge in [0.25, 0.3) is 0 Å². The van der Waals surface area contributed by atoms with Crippen molar-refractivity contribution in [2.75, 3.05) is 26.2 Å². The topological polar surface area (TPSA) is 36.4 Å². The molecule has 4 nitrogen and oxygen atoms in total. The van der Waals surface area contributed by atoms with Gasteiger partial charge in [-0.2, -0.15) is 0 Å². The molecular formula is C21H23Cl2N3O. The number of likely N-dealkylation sites (tertiary alicyclic amines) is 1. The van der Waals surface area contributed by atoms with Crippen molar-refractivity contribution in [2.24, 2.45) is 0 Å². The molecule has 27 heavy (non-hydrogen) atoms. The molecule has 0 saturated carbocycles. The Morgan fingerprint density at radius 1 is 1.11 bits per heavy atom. The lowest BCUT2D eigenvalue weighted by atomic mass is 10.2. The highest BCUT2D eigenvalue weighted by Gasteiger charge is 2.16. The van der Waals surface area contributed by atoms with Crippen molar-refractivity contribution in [3.05, 3.63) is 70.0 Å². The van der Waals surface area contributed by atoms with E-state index in [4.69, 9.17) is 23.2 Å². The molecule has 1 aromatic carbocycles. The third-order valence-electron chi connectivity index (χ3n) is 4.68. The van der Waals surface area contributed by atoms with Crippen molar-refractivity contribution in [1.29, 1.82) is 0 Å². The first-order valence-electron chi connectivity index (χ1n) is 9.15. The van der Waals surface area contributed by atoms with E-state index >= 15 is 0 Å². The molecule has 0 aliphatic carbocycles. The van der Waals surface area contributed by atoms with Gasteiger partial charge in [-0.3, -0.25) is 9.78 Å². The van der Waals surface area contributed by atoms with Crippen molar-refractivity contribution in [1.82, 2.24) is 14.8 Å². The van der Waals surface area contributed by atoms with Crippen LogP contribution in [0.1, 0.15) is 24.0 Å². The first-order valence-corrected chi connectivity index (χ1v) is 9.91. The monoisotopic (exact) mass is 403 g/mol. The molecule has 3 rings (SSSR count). The maximum absolute atomic E-state index is 12.8. The van der Waals surface area contributed by atoms with E-state index < -0.39 is 0 Å². The van der Waals surface area contributed by atoms with E-state index in [1.165, 1.54) is 12.8 Å². The summed E-state index contributed by atoms with van der Waals surface area (Å²) in [6, 6.07) is 9.26. The average Bonchev–Trinajstić information content (AvgIpc) is 3.20. The fourth-order valence-corrected chi connectivity index (χ4v) is 3.46. The predicted octanol–water partition coefficient (Wildman–Crippen LogP) is 4.53. The molecule has 0 atom stereocenters. The van der Waals surface area contributed by atoms with Crippen LogP contribution in [0.25, 0.3) is 6.08 Å². The van der Waals surface area contributed by atoms with Crippen molar-refractivity contribution in [3.8, 4) is 0 Å². The fourth-order valence-electron chi connectivity index (χ4n) is 3.14. The van der Waals surface area contributed by atoms with Crippen LogP contribution in [0, 0.1) is 0 Å². The molecule has 1 aliphatic heterocycles. The van der Waals surface area contributed by atoms with E-state index in [0.29, 0.717) is 23.1 Å². The summed E-state index contributed by atoms with van der Waals surface area (Å²) in [7, 11) is 0. The van der Waals surface area contributed by atoms with E-state index in [9.17, 15) is 4.79 Å². The van der Waals surface area contributed by atoms with Crippen molar-refractivity contribution in [2.45, 2.75) is 19.4 Å². The van der Waals surface area contributed by atoms with Crippen LogP contribution in [-0.2, 0) is 11.3 Å². The van der Waals surface area contributed by atoms with Gasteiger partial charge in [0, 0.05) is 38.1 Å². The van der Waals surface area contributed by atoms with Crippen LogP contribution in [0.3, 0.4) is 0 Å². The highest BCUT2D eigenvalue weighted by molar-refractivity contribution is 6.42. The molecule has 0 unspecified atom stereocenters. The molecule has 6 heteroatoms. The predicted molar refractivity (Wildman–Crippen MR) is 111 cm³/mol. The highest BCUT2D eigenvalue weighted by Crippen LogP contribution is 2.23. The Kier molecular flexibility index (Phi) is 7.27. The molecule has 0 spiro atoms. The highest BCUT2D eigenvalue weighted by atomic mass is 35.5. The van der Waals surface area contributed by atoms with Crippen LogP contribution in [0.5, 0.6) is 0 Å². The first-order chi connectivity index (χ1) is 13.1. The van der Waals surface area contributed by atoms with Gasteiger partial charge < -0.3 is 9.80 Å². The van der Waals surface area contributed by atoms with Crippen molar-refractivity contribution >= 4 is 35.2 Å². The van der Waals surface area contributed by atoms with Crippen LogP contribution in [0.4, 0.5) is 0 Å². The van der Waals surface area contributed by atoms with Gasteiger partial charge in [-0.1, -0.05) is 29.3 Å². The minimum Gasteiger partial charge on any atom is -0.334 e. The van der Waals surface area contributed by atoms with E-state index in [1.54, 1.807) is 24.5 Å². The zero-order valence-corrected chi connectivity index (χ0v) is 16.7. The number of halogens is 2. The zero-order chi connectivity index (χ0) is 19.1. The summed E-state index contributed by atoms with van der Waals surface area (Å²) < 4.78 is 0. The van der Waals surface area contributed by atoms with E-state index in [2.05, 4.69) is 9.88 Å². The molecule has 1 aromatic heterocycles. The maximum atomic E-state index is 12.8. The van der Waals surface area contributed by atoms with Crippen LogP contribution < -0.4 is 0 Å². The second-order valence-electron chi connectivity index (χ2n) is 6.67. The minimum atomic E-state index is -0.0166. The van der Waals surface area contributed by atoms with E-state index in [0.717, 1.165) is 30.8 Å². The Balaban J connectivity index is 1.70. The van der Waals surface area contributed by atoms with Gasteiger partial charge >= 0.3 is 0 Å². The summed E-state index contributed by atoms with van der Waals surface area (Å²) in [6.07, 6.45) is 9.35. The zero-order valence-electron chi connectivity index (χ0n) is 15.2. The van der Waals surface area contributed by atoms with Crippen LogP contribution in [-0.4, -0.2) is 46.9 Å². The fraction of sp³-hybridized carbons (Fsp3) is 0.333. The largest absolute Gasteiger partial charge is 0.334 e. The number of carbonyl (C=O) groups is 1. The number of aromatic nitrogens is 1. The van der Waals surface area contributed by atoms with Gasteiger partial charge in [0.1, 0.15) is 0 Å². The number of rotatable bonds is 7. The van der Waals surface area contributed by atoms with Crippen molar-refractivity contribution in [3.63, 3.8) is 0 Å². The summed E-state index contributed by atoms with van der Waals surface area (Å²) in [5.74, 6) is -0.0166. The second kappa shape index (κ2) is 9.88. The van der Waals surface area contributed by atoms with Gasteiger partial charge in [-0.15, -0.1) is 0 Å². The molecule has 1 saturated heterocycles. The lowest BCUT2D eigenvalue weighted by molar-refractivity contribution is -0.126. The third-order valence-corrected chi connectivity index (χ3v) is 5.42. The summed E-state index contributed by atoms with van der Waals surface area (Å²) in [6.45, 7) is 4.30. The van der Waals surface area contributed by atoms with Crippen molar-refractivity contribution < 1.29 is 4.79 Å². The molecule has 1 amide bonds. The van der Waals surface area contributed by atoms with Gasteiger partial charge in [0.05, 0.1) is 10.0 Å². The normalized spacial score (nSPS) is 14.7. The number of carbonyl (C=O) groups excluding carboxylic acids is 1. The smallest absolute Gasteiger partial charge is 0.246 e. The second-order valence-corrected chi connectivity index (χ2v) is 7.49. The molecule has 1 aliphatic rings. The molecule has 142 valence electrons. The SMILES string of the molecule is O=C(/C=C/c1ccncc1)N(CCN1CCCC1)Cc1ccc(Cl)c(Cl)c1. The number of hydrogen-bond donors (Lipinski definition) is 0. The Hall–Kier alpha value is -1.88. The Labute approximate surface area is 170 Å². The maximum Gasteiger partial charge on any atom is 0.246 e. The van der Waals surface area contributed by atoms with Crippen LogP contribution >= 0.6 is 23.2 Å².